The Morgan fingerprint density at radius 1 is 1.53 bits per heavy atom. The molecule has 0 bridgehead atoms. The highest BCUT2D eigenvalue weighted by molar-refractivity contribution is 7.14. The molecule has 4 heteroatoms. The Morgan fingerprint density at radius 3 is 2.73 bits per heavy atom. The molecule has 0 aliphatic rings. The van der Waals surface area contributed by atoms with Crippen LogP contribution in [0.15, 0.2) is 12.1 Å². The summed E-state index contributed by atoms with van der Waals surface area (Å²) in [6.45, 7) is 6.02. The maximum atomic E-state index is 11.4. The van der Waals surface area contributed by atoms with Crippen molar-refractivity contribution >= 4 is 17.3 Å². The summed E-state index contributed by atoms with van der Waals surface area (Å²) in [4.78, 5) is 12.7. The van der Waals surface area contributed by atoms with E-state index in [0.29, 0.717) is 11.5 Å². The van der Waals surface area contributed by atoms with Crippen molar-refractivity contribution in [3.8, 4) is 0 Å². The molecule has 1 heterocycles. The number of hydrogen-bond acceptors (Lipinski definition) is 4. The van der Waals surface area contributed by atoms with E-state index in [0.717, 1.165) is 4.88 Å². The zero-order valence-electron chi connectivity index (χ0n) is 9.19. The SMILES string of the molecule is CCOC(=O)c1ccc([C@H](O)C(C)C)s1. The van der Waals surface area contributed by atoms with Gasteiger partial charge in [0, 0.05) is 4.88 Å². The van der Waals surface area contributed by atoms with E-state index in [4.69, 9.17) is 4.74 Å². The highest BCUT2D eigenvalue weighted by Crippen LogP contribution is 2.28. The average molecular weight is 228 g/mol. The number of rotatable bonds is 4. The van der Waals surface area contributed by atoms with Gasteiger partial charge in [-0.1, -0.05) is 13.8 Å². The molecule has 0 radical (unpaired) electrons. The third-order valence-corrected chi connectivity index (χ3v) is 3.16. The van der Waals surface area contributed by atoms with E-state index >= 15 is 0 Å². The number of hydrogen-bond donors (Lipinski definition) is 1. The quantitative estimate of drug-likeness (QED) is 0.806. The maximum Gasteiger partial charge on any atom is 0.348 e. The molecule has 1 atom stereocenters. The predicted molar refractivity (Wildman–Crippen MR) is 60.1 cm³/mol. The third kappa shape index (κ3) is 3.04. The molecule has 1 aromatic rings. The Kier molecular flexibility index (Phi) is 4.29. The smallest absolute Gasteiger partial charge is 0.348 e. The van der Waals surface area contributed by atoms with Crippen LogP contribution in [0.25, 0.3) is 0 Å². The van der Waals surface area contributed by atoms with Gasteiger partial charge in [-0.25, -0.2) is 4.79 Å². The number of thiophene rings is 1. The molecule has 0 amide bonds. The van der Waals surface area contributed by atoms with Gasteiger partial charge in [0.2, 0.25) is 0 Å². The van der Waals surface area contributed by atoms with Crippen molar-refractivity contribution in [1.29, 1.82) is 0 Å². The lowest BCUT2D eigenvalue weighted by atomic mass is 10.1. The van der Waals surface area contributed by atoms with E-state index in [1.165, 1.54) is 11.3 Å². The predicted octanol–water partition coefficient (Wildman–Crippen LogP) is 2.61. The number of ether oxygens (including phenoxy) is 1. The summed E-state index contributed by atoms with van der Waals surface area (Å²) in [5.74, 6) is -0.164. The second-order valence-electron chi connectivity index (χ2n) is 3.61. The van der Waals surface area contributed by atoms with Crippen LogP contribution in [0, 0.1) is 5.92 Å². The highest BCUT2D eigenvalue weighted by Gasteiger charge is 2.17. The van der Waals surface area contributed by atoms with E-state index < -0.39 is 6.10 Å². The number of carbonyl (C=O) groups is 1. The van der Waals surface area contributed by atoms with Crippen LogP contribution < -0.4 is 0 Å². The molecule has 1 N–H and O–H groups in total. The minimum Gasteiger partial charge on any atom is -0.462 e. The zero-order chi connectivity index (χ0) is 11.4. The van der Waals surface area contributed by atoms with E-state index in [-0.39, 0.29) is 11.9 Å². The Balaban J connectivity index is 2.76. The number of carbonyl (C=O) groups excluding carboxylic acids is 1. The van der Waals surface area contributed by atoms with Crippen LogP contribution in [0.2, 0.25) is 0 Å². The molecular formula is C11H16O3S. The van der Waals surface area contributed by atoms with Crippen LogP contribution >= 0.6 is 11.3 Å². The highest BCUT2D eigenvalue weighted by atomic mass is 32.1. The van der Waals surface area contributed by atoms with E-state index in [1.807, 2.05) is 13.8 Å². The molecule has 0 saturated heterocycles. The van der Waals surface area contributed by atoms with E-state index in [1.54, 1.807) is 19.1 Å². The van der Waals surface area contributed by atoms with Gasteiger partial charge in [-0.05, 0) is 25.0 Å². The van der Waals surface area contributed by atoms with Gasteiger partial charge in [-0.15, -0.1) is 11.3 Å². The van der Waals surface area contributed by atoms with Crippen LogP contribution in [0.5, 0.6) is 0 Å². The molecule has 0 fully saturated rings. The molecule has 15 heavy (non-hydrogen) atoms. The number of esters is 1. The minimum absolute atomic E-state index is 0.152. The van der Waals surface area contributed by atoms with Gasteiger partial charge in [-0.3, -0.25) is 0 Å². The summed E-state index contributed by atoms with van der Waals surface area (Å²) in [5, 5.41) is 9.78. The molecule has 0 aliphatic carbocycles. The first-order valence-corrected chi connectivity index (χ1v) is 5.82. The summed E-state index contributed by atoms with van der Waals surface area (Å²) in [7, 11) is 0. The Hall–Kier alpha value is -0.870. The van der Waals surface area contributed by atoms with Crippen molar-refractivity contribution in [2.45, 2.75) is 26.9 Å². The molecular weight excluding hydrogens is 212 g/mol. The van der Waals surface area contributed by atoms with Gasteiger partial charge in [0.15, 0.2) is 0 Å². The van der Waals surface area contributed by atoms with Crippen molar-refractivity contribution in [2.75, 3.05) is 6.61 Å². The molecule has 0 aliphatic heterocycles. The Labute approximate surface area is 93.7 Å². The average Bonchev–Trinajstić information content (AvgIpc) is 2.65. The van der Waals surface area contributed by atoms with Gasteiger partial charge in [0.05, 0.1) is 12.7 Å². The first-order chi connectivity index (χ1) is 7.06. The van der Waals surface area contributed by atoms with Gasteiger partial charge in [0.25, 0.3) is 0 Å². The first-order valence-electron chi connectivity index (χ1n) is 5.01. The summed E-state index contributed by atoms with van der Waals surface area (Å²) in [6.07, 6.45) is -0.502. The molecule has 84 valence electrons. The van der Waals surface area contributed by atoms with Crippen molar-refractivity contribution < 1.29 is 14.6 Å². The van der Waals surface area contributed by atoms with Crippen LogP contribution in [0.3, 0.4) is 0 Å². The molecule has 0 saturated carbocycles. The number of aliphatic hydroxyl groups is 1. The lowest BCUT2D eigenvalue weighted by Crippen LogP contribution is -2.03. The molecule has 1 aromatic heterocycles. The third-order valence-electron chi connectivity index (χ3n) is 2.03. The zero-order valence-corrected chi connectivity index (χ0v) is 10.0. The van der Waals surface area contributed by atoms with Crippen molar-refractivity contribution in [3.05, 3.63) is 21.9 Å². The van der Waals surface area contributed by atoms with Crippen molar-refractivity contribution in [2.24, 2.45) is 5.92 Å². The standard InChI is InChI=1S/C11H16O3S/c1-4-14-11(13)9-6-5-8(15-9)10(12)7(2)3/h5-7,10,12H,4H2,1-3H3/t10-/m1/s1. The topological polar surface area (TPSA) is 46.5 Å². The molecule has 3 nitrogen and oxygen atoms in total. The fourth-order valence-electron chi connectivity index (χ4n) is 1.15. The first kappa shape index (κ1) is 12.2. The van der Waals surface area contributed by atoms with Crippen LogP contribution in [0.4, 0.5) is 0 Å². The fourth-order valence-corrected chi connectivity index (χ4v) is 2.21. The summed E-state index contributed by atoms with van der Waals surface area (Å²) >= 11 is 1.29. The molecule has 1 rings (SSSR count). The lowest BCUT2D eigenvalue weighted by Gasteiger charge is -2.11. The van der Waals surface area contributed by atoms with E-state index in [9.17, 15) is 9.90 Å². The van der Waals surface area contributed by atoms with Crippen molar-refractivity contribution in [1.82, 2.24) is 0 Å². The van der Waals surface area contributed by atoms with Gasteiger partial charge in [0.1, 0.15) is 4.88 Å². The van der Waals surface area contributed by atoms with Crippen LogP contribution in [0.1, 0.15) is 41.4 Å². The molecule has 0 unspecified atom stereocenters. The maximum absolute atomic E-state index is 11.4. The largest absolute Gasteiger partial charge is 0.462 e. The molecule has 0 aromatic carbocycles. The molecule has 0 spiro atoms. The van der Waals surface area contributed by atoms with Gasteiger partial charge >= 0.3 is 5.97 Å². The fraction of sp³-hybridized carbons (Fsp3) is 0.545. The van der Waals surface area contributed by atoms with Crippen LogP contribution in [-0.4, -0.2) is 17.7 Å². The van der Waals surface area contributed by atoms with Gasteiger partial charge in [-0.2, -0.15) is 0 Å². The Bertz CT molecular complexity index is 330. The van der Waals surface area contributed by atoms with E-state index in [2.05, 4.69) is 0 Å². The lowest BCUT2D eigenvalue weighted by molar-refractivity contribution is 0.0532. The summed E-state index contributed by atoms with van der Waals surface area (Å²) in [5.41, 5.74) is 0. The van der Waals surface area contributed by atoms with Crippen molar-refractivity contribution in [3.63, 3.8) is 0 Å². The Morgan fingerprint density at radius 2 is 2.20 bits per heavy atom. The minimum atomic E-state index is -0.502. The monoisotopic (exact) mass is 228 g/mol. The van der Waals surface area contributed by atoms with Gasteiger partial charge < -0.3 is 9.84 Å². The second-order valence-corrected chi connectivity index (χ2v) is 4.73. The normalized spacial score (nSPS) is 12.9. The summed E-state index contributed by atoms with van der Waals surface area (Å²) < 4.78 is 4.87. The number of aliphatic hydroxyl groups excluding tert-OH is 1. The summed E-state index contributed by atoms with van der Waals surface area (Å²) in [6, 6.07) is 3.48. The van der Waals surface area contributed by atoms with Crippen LogP contribution in [-0.2, 0) is 4.74 Å². The second kappa shape index (κ2) is 5.28.